The zero-order valence-corrected chi connectivity index (χ0v) is 8.00. The van der Waals surface area contributed by atoms with E-state index < -0.39 is 0 Å². The first-order valence-corrected chi connectivity index (χ1v) is 5.21. The van der Waals surface area contributed by atoms with Gasteiger partial charge in [0.15, 0.2) is 0 Å². The Labute approximate surface area is 80.2 Å². The second-order valence-electron chi connectivity index (χ2n) is 3.75. The predicted octanol–water partition coefficient (Wildman–Crippen LogP) is 2.43. The number of rotatable bonds is 1. The molecular weight excluding hydrogens is 158 g/mol. The Kier molecular flexibility index (Phi) is 2.98. The van der Waals surface area contributed by atoms with Crippen LogP contribution in [0.15, 0.2) is 36.0 Å². The molecule has 1 aliphatic carbocycles. The van der Waals surface area contributed by atoms with Crippen LogP contribution < -0.4 is 5.32 Å². The van der Waals surface area contributed by atoms with Gasteiger partial charge in [0.1, 0.15) is 0 Å². The molecule has 1 heteroatoms. The summed E-state index contributed by atoms with van der Waals surface area (Å²) in [6, 6.07) is 0. The second kappa shape index (κ2) is 4.43. The molecule has 0 atom stereocenters. The lowest BCUT2D eigenvalue weighted by atomic mass is 9.89. The third-order valence-corrected chi connectivity index (χ3v) is 2.84. The van der Waals surface area contributed by atoms with Gasteiger partial charge in [-0.05, 0) is 43.8 Å². The fraction of sp³-hybridized carbons (Fsp3) is 0.500. The van der Waals surface area contributed by atoms with Crippen LogP contribution in [0, 0.1) is 5.92 Å². The third-order valence-electron chi connectivity index (χ3n) is 2.84. The highest BCUT2D eigenvalue weighted by Crippen LogP contribution is 2.23. The van der Waals surface area contributed by atoms with Crippen molar-refractivity contribution in [2.24, 2.45) is 5.92 Å². The lowest BCUT2D eigenvalue weighted by Gasteiger charge is -2.23. The molecule has 2 aliphatic rings. The third kappa shape index (κ3) is 2.31. The highest BCUT2D eigenvalue weighted by Gasteiger charge is 2.15. The fourth-order valence-electron chi connectivity index (χ4n) is 2.05. The van der Waals surface area contributed by atoms with Gasteiger partial charge >= 0.3 is 0 Å². The number of hydrogen-bond donors (Lipinski definition) is 1. The highest BCUT2D eigenvalue weighted by atomic mass is 14.9. The lowest BCUT2D eigenvalue weighted by Crippen LogP contribution is -2.28. The van der Waals surface area contributed by atoms with Crippen molar-refractivity contribution in [1.29, 1.82) is 0 Å². The van der Waals surface area contributed by atoms with Crippen molar-refractivity contribution in [1.82, 2.24) is 5.32 Å². The Morgan fingerprint density at radius 3 is 2.85 bits per heavy atom. The second-order valence-corrected chi connectivity index (χ2v) is 3.75. The average Bonchev–Trinajstić information content (AvgIpc) is 2.47. The Balaban J connectivity index is 2.02. The average molecular weight is 175 g/mol. The van der Waals surface area contributed by atoms with Crippen LogP contribution in [-0.2, 0) is 0 Å². The predicted molar refractivity (Wildman–Crippen MR) is 56.6 cm³/mol. The summed E-state index contributed by atoms with van der Waals surface area (Å²) >= 11 is 0. The maximum atomic E-state index is 3.40. The van der Waals surface area contributed by atoms with Gasteiger partial charge in [-0.25, -0.2) is 0 Å². The highest BCUT2D eigenvalue weighted by molar-refractivity contribution is 5.28. The van der Waals surface area contributed by atoms with Crippen LogP contribution in [0.1, 0.15) is 19.3 Å². The van der Waals surface area contributed by atoms with Crippen LogP contribution >= 0.6 is 0 Å². The summed E-state index contributed by atoms with van der Waals surface area (Å²) in [5.41, 5.74) is 1.55. The van der Waals surface area contributed by atoms with Crippen molar-refractivity contribution >= 4 is 0 Å². The summed E-state index contributed by atoms with van der Waals surface area (Å²) in [6.07, 6.45) is 14.9. The summed E-state index contributed by atoms with van der Waals surface area (Å²) < 4.78 is 0. The maximum absolute atomic E-state index is 3.40. The number of allylic oxidation sites excluding steroid dienone is 6. The molecule has 0 aromatic rings. The number of nitrogens with one attached hydrogen (secondary N) is 1. The van der Waals surface area contributed by atoms with Gasteiger partial charge in [-0.1, -0.05) is 30.4 Å². The van der Waals surface area contributed by atoms with Crippen molar-refractivity contribution in [3.63, 3.8) is 0 Å². The zero-order valence-electron chi connectivity index (χ0n) is 8.00. The van der Waals surface area contributed by atoms with E-state index in [2.05, 4.69) is 35.7 Å². The molecule has 0 spiro atoms. The largest absolute Gasteiger partial charge is 0.317 e. The van der Waals surface area contributed by atoms with Crippen molar-refractivity contribution in [2.75, 3.05) is 13.1 Å². The van der Waals surface area contributed by atoms with Gasteiger partial charge in [0.05, 0.1) is 0 Å². The van der Waals surface area contributed by atoms with Gasteiger partial charge in [-0.15, -0.1) is 0 Å². The molecule has 13 heavy (non-hydrogen) atoms. The Morgan fingerprint density at radius 1 is 1.15 bits per heavy atom. The lowest BCUT2D eigenvalue weighted by molar-refractivity contribution is 0.425. The normalized spacial score (nSPS) is 24.2. The van der Waals surface area contributed by atoms with E-state index in [1.54, 1.807) is 5.57 Å². The molecule has 0 amide bonds. The van der Waals surface area contributed by atoms with E-state index in [0.717, 1.165) is 12.3 Å². The van der Waals surface area contributed by atoms with Crippen LogP contribution in [0.25, 0.3) is 0 Å². The minimum Gasteiger partial charge on any atom is -0.317 e. The zero-order chi connectivity index (χ0) is 8.93. The van der Waals surface area contributed by atoms with Gasteiger partial charge < -0.3 is 5.32 Å². The van der Waals surface area contributed by atoms with Crippen LogP contribution in [0.2, 0.25) is 0 Å². The van der Waals surface area contributed by atoms with Crippen molar-refractivity contribution in [3.05, 3.63) is 36.0 Å². The molecule has 1 saturated heterocycles. The quantitative estimate of drug-likeness (QED) is 0.645. The summed E-state index contributed by atoms with van der Waals surface area (Å²) in [5.74, 6) is 0.803. The summed E-state index contributed by atoms with van der Waals surface area (Å²) in [5, 5.41) is 3.40. The van der Waals surface area contributed by atoms with E-state index in [1.165, 1.54) is 25.9 Å². The van der Waals surface area contributed by atoms with E-state index in [-0.39, 0.29) is 0 Å². The SMILES string of the molecule is C1=CCC=C(C2CCNCC2)C=C1. The fourth-order valence-corrected chi connectivity index (χ4v) is 2.05. The molecular formula is C12H17N. The standard InChI is InChI=1S/C12H17N/c1-2-4-6-11(5-3-1)12-7-9-13-10-8-12/h1-3,5-6,12-13H,4,7-10H2. The molecule has 0 aromatic heterocycles. The molecule has 1 aliphatic heterocycles. The van der Waals surface area contributed by atoms with Crippen molar-refractivity contribution < 1.29 is 0 Å². The molecule has 1 heterocycles. The van der Waals surface area contributed by atoms with Crippen LogP contribution in [0.5, 0.6) is 0 Å². The van der Waals surface area contributed by atoms with Crippen LogP contribution in [0.3, 0.4) is 0 Å². The molecule has 1 nitrogen and oxygen atoms in total. The van der Waals surface area contributed by atoms with E-state index in [4.69, 9.17) is 0 Å². The monoisotopic (exact) mass is 175 g/mol. The molecule has 0 unspecified atom stereocenters. The molecule has 0 aromatic carbocycles. The maximum Gasteiger partial charge on any atom is -0.00431 e. The molecule has 0 radical (unpaired) electrons. The van der Waals surface area contributed by atoms with Crippen molar-refractivity contribution in [3.8, 4) is 0 Å². The van der Waals surface area contributed by atoms with Crippen LogP contribution in [0.4, 0.5) is 0 Å². The van der Waals surface area contributed by atoms with E-state index in [9.17, 15) is 0 Å². The Bertz CT molecular complexity index is 242. The minimum absolute atomic E-state index is 0.803. The van der Waals surface area contributed by atoms with Gasteiger partial charge in [-0.3, -0.25) is 0 Å². The molecule has 2 rings (SSSR count). The summed E-state index contributed by atoms with van der Waals surface area (Å²) in [7, 11) is 0. The molecule has 1 fully saturated rings. The molecule has 0 bridgehead atoms. The van der Waals surface area contributed by atoms with E-state index in [0.29, 0.717) is 0 Å². The smallest absolute Gasteiger partial charge is 0.00431 e. The minimum atomic E-state index is 0.803. The van der Waals surface area contributed by atoms with E-state index in [1.807, 2.05) is 0 Å². The Morgan fingerprint density at radius 2 is 2.00 bits per heavy atom. The van der Waals surface area contributed by atoms with Crippen LogP contribution in [-0.4, -0.2) is 13.1 Å². The van der Waals surface area contributed by atoms with E-state index >= 15 is 0 Å². The first kappa shape index (κ1) is 8.76. The molecule has 0 saturated carbocycles. The molecule has 1 N–H and O–H groups in total. The molecule has 70 valence electrons. The first-order chi connectivity index (χ1) is 6.47. The van der Waals surface area contributed by atoms with Gasteiger partial charge in [-0.2, -0.15) is 0 Å². The number of hydrogen-bond acceptors (Lipinski definition) is 1. The summed E-state index contributed by atoms with van der Waals surface area (Å²) in [6.45, 7) is 2.37. The first-order valence-electron chi connectivity index (χ1n) is 5.21. The number of piperidine rings is 1. The van der Waals surface area contributed by atoms with Gasteiger partial charge in [0.25, 0.3) is 0 Å². The van der Waals surface area contributed by atoms with Gasteiger partial charge in [0, 0.05) is 0 Å². The summed E-state index contributed by atoms with van der Waals surface area (Å²) in [4.78, 5) is 0. The topological polar surface area (TPSA) is 12.0 Å². The van der Waals surface area contributed by atoms with Gasteiger partial charge in [0.2, 0.25) is 0 Å². The van der Waals surface area contributed by atoms with Crippen molar-refractivity contribution in [2.45, 2.75) is 19.3 Å². The Hall–Kier alpha value is -0.820.